The first-order valence-electron chi connectivity index (χ1n) is 5.57. The van der Waals surface area contributed by atoms with Crippen molar-refractivity contribution in [2.45, 2.75) is 12.6 Å². The summed E-state index contributed by atoms with van der Waals surface area (Å²) in [6.07, 6.45) is -5.51. The van der Waals surface area contributed by atoms with Gasteiger partial charge in [-0.2, -0.15) is 13.2 Å². The monoisotopic (exact) mass is 289 g/mol. The Morgan fingerprint density at radius 3 is 2.60 bits per heavy atom. The van der Waals surface area contributed by atoms with E-state index in [1.165, 1.54) is 12.1 Å². The number of benzene rings is 1. The Morgan fingerprint density at radius 2 is 2.05 bits per heavy atom. The molecule has 0 heterocycles. The first-order chi connectivity index (χ1) is 9.33. The van der Waals surface area contributed by atoms with Crippen molar-refractivity contribution in [2.75, 3.05) is 13.2 Å². The molecule has 0 saturated heterocycles. The minimum Gasteiger partial charge on any atom is -0.384 e. The highest BCUT2D eigenvalue weighted by atomic mass is 19.4. The van der Waals surface area contributed by atoms with Gasteiger partial charge in [0, 0.05) is 12.1 Å². The molecule has 0 radical (unpaired) electrons. The van der Waals surface area contributed by atoms with Crippen LogP contribution in [-0.2, 0) is 0 Å². The van der Waals surface area contributed by atoms with Crippen molar-refractivity contribution in [3.05, 3.63) is 35.1 Å². The van der Waals surface area contributed by atoms with E-state index in [9.17, 15) is 22.4 Å². The smallest absolute Gasteiger partial charge is 0.384 e. The molecule has 0 aromatic heterocycles. The molecule has 1 aromatic rings. The largest absolute Gasteiger partial charge is 0.390 e. The van der Waals surface area contributed by atoms with E-state index in [2.05, 4.69) is 11.8 Å². The molecule has 1 rings (SSSR count). The lowest BCUT2D eigenvalue weighted by Gasteiger charge is -2.08. The van der Waals surface area contributed by atoms with Crippen LogP contribution in [0.5, 0.6) is 0 Å². The van der Waals surface area contributed by atoms with Crippen molar-refractivity contribution in [1.29, 1.82) is 0 Å². The molecule has 0 spiro atoms. The van der Waals surface area contributed by atoms with Crippen molar-refractivity contribution < 1.29 is 27.5 Å². The number of rotatable bonds is 3. The molecule has 0 atom stereocenters. The number of amides is 1. The molecule has 0 aliphatic heterocycles. The van der Waals surface area contributed by atoms with Gasteiger partial charge in [0.05, 0.1) is 12.0 Å². The molecule has 3 nitrogen and oxygen atoms in total. The lowest BCUT2D eigenvalue weighted by Crippen LogP contribution is -2.28. The molecule has 1 amide bonds. The fourth-order valence-corrected chi connectivity index (χ4v) is 1.31. The highest BCUT2D eigenvalue weighted by Crippen LogP contribution is 2.18. The molecule has 0 aliphatic rings. The molecule has 0 saturated carbocycles. The summed E-state index contributed by atoms with van der Waals surface area (Å²) >= 11 is 0. The topological polar surface area (TPSA) is 49.3 Å². The van der Waals surface area contributed by atoms with E-state index in [0.717, 1.165) is 6.07 Å². The summed E-state index contributed by atoms with van der Waals surface area (Å²) in [6.45, 7) is -1.00. The summed E-state index contributed by atoms with van der Waals surface area (Å²) < 4.78 is 49.2. The van der Waals surface area contributed by atoms with Gasteiger partial charge in [0.25, 0.3) is 5.91 Å². The molecule has 0 aliphatic carbocycles. The summed E-state index contributed by atoms with van der Waals surface area (Å²) in [5.41, 5.74) is -0.106. The predicted molar refractivity (Wildman–Crippen MR) is 63.4 cm³/mol. The average Bonchev–Trinajstić information content (AvgIpc) is 2.35. The third-order valence-corrected chi connectivity index (χ3v) is 2.23. The maximum Gasteiger partial charge on any atom is 0.390 e. The van der Waals surface area contributed by atoms with Gasteiger partial charge in [-0.05, 0) is 18.2 Å². The van der Waals surface area contributed by atoms with Crippen LogP contribution in [0.15, 0.2) is 18.2 Å². The first-order valence-corrected chi connectivity index (χ1v) is 5.57. The highest BCUT2D eigenvalue weighted by Gasteiger charge is 2.26. The van der Waals surface area contributed by atoms with Gasteiger partial charge in [0.1, 0.15) is 12.4 Å². The standard InChI is InChI=1S/C13H11F4NO2/c14-11-8-10(4-3-9(11)2-1-7-19)12(20)18-6-5-13(15,16)17/h3-4,8,19H,5-7H2,(H,18,20). The number of alkyl halides is 3. The molecule has 0 bridgehead atoms. The van der Waals surface area contributed by atoms with E-state index < -0.39 is 37.5 Å². The third-order valence-electron chi connectivity index (χ3n) is 2.23. The second kappa shape index (κ2) is 6.91. The average molecular weight is 289 g/mol. The fourth-order valence-electron chi connectivity index (χ4n) is 1.31. The van der Waals surface area contributed by atoms with Gasteiger partial charge < -0.3 is 10.4 Å². The van der Waals surface area contributed by atoms with E-state index in [0.29, 0.717) is 0 Å². The van der Waals surface area contributed by atoms with E-state index in [4.69, 9.17) is 5.11 Å². The van der Waals surface area contributed by atoms with Crippen LogP contribution in [0, 0.1) is 17.7 Å². The Bertz CT molecular complexity index is 544. The van der Waals surface area contributed by atoms with Gasteiger partial charge in [0.2, 0.25) is 0 Å². The summed E-state index contributed by atoms with van der Waals surface area (Å²) in [5.74, 6) is 3.00. The first kappa shape index (κ1) is 16.0. The van der Waals surface area contributed by atoms with Gasteiger partial charge in [-0.3, -0.25) is 4.79 Å². The summed E-state index contributed by atoms with van der Waals surface area (Å²) in [4.78, 5) is 11.5. The van der Waals surface area contributed by atoms with Crippen LogP contribution in [-0.4, -0.2) is 30.3 Å². The third kappa shape index (κ3) is 5.28. The molecular formula is C13H11F4NO2. The molecule has 0 fully saturated rings. The molecule has 7 heteroatoms. The molecular weight excluding hydrogens is 278 g/mol. The van der Waals surface area contributed by atoms with Crippen LogP contribution < -0.4 is 5.32 Å². The number of carbonyl (C=O) groups excluding carboxylic acids is 1. The van der Waals surface area contributed by atoms with Gasteiger partial charge >= 0.3 is 6.18 Å². The minimum atomic E-state index is -4.36. The maximum absolute atomic E-state index is 13.5. The quantitative estimate of drug-likeness (QED) is 0.659. The fraction of sp³-hybridized carbons (Fsp3) is 0.308. The molecule has 20 heavy (non-hydrogen) atoms. The second-order valence-electron chi connectivity index (χ2n) is 3.78. The number of hydrogen-bond acceptors (Lipinski definition) is 2. The number of hydrogen-bond donors (Lipinski definition) is 2. The van der Waals surface area contributed by atoms with Crippen molar-refractivity contribution >= 4 is 5.91 Å². The predicted octanol–water partition coefficient (Wildman–Crippen LogP) is 1.85. The van der Waals surface area contributed by atoms with Crippen LogP contribution in [0.3, 0.4) is 0 Å². The van der Waals surface area contributed by atoms with Crippen molar-refractivity contribution in [2.24, 2.45) is 0 Å². The number of halogens is 4. The molecule has 0 unspecified atom stereocenters. The lowest BCUT2D eigenvalue weighted by molar-refractivity contribution is -0.132. The lowest BCUT2D eigenvalue weighted by atomic mass is 10.1. The van der Waals surface area contributed by atoms with Crippen LogP contribution in [0.1, 0.15) is 22.3 Å². The van der Waals surface area contributed by atoms with Gasteiger partial charge in [-0.15, -0.1) is 0 Å². The van der Waals surface area contributed by atoms with E-state index in [1.54, 1.807) is 0 Å². The van der Waals surface area contributed by atoms with Crippen LogP contribution in [0.2, 0.25) is 0 Å². The number of nitrogens with one attached hydrogen (secondary N) is 1. The zero-order valence-electron chi connectivity index (χ0n) is 10.2. The van der Waals surface area contributed by atoms with Gasteiger partial charge in [-0.1, -0.05) is 11.8 Å². The number of aliphatic hydroxyl groups excluding tert-OH is 1. The van der Waals surface area contributed by atoms with Crippen LogP contribution in [0.25, 0.3) is 0 Å². The van der Waals surface area contributed by atoms with E-state index in [1.807, 2.05) is 5.32 Å². The number of carbonyl (C=O) groups is 1. The zero-order chi connectivity index (χ0) is 15.2. The minimum absolute atomic E-state index is 0.00843. The molecule has 108 valence electrons. The molecule has 1 aromatic carbocycles. The second-order valence-corrected chi connectivity index (χ2v) is 3.78. The van der Waals surface area contributed by atoms with Gasteiger partial charge in [-0.25, -0.2) is 4.39 Å². The Labute approximate surface area is 112 Å². The van der Waals surface area contributed by atoms with Crippen LogP contribution >= 0.6 is 0 Å². The Morgan fingerprint density at radius 1 is 1.35 bits per heavy atom. The number of aliphatic hydroxyl groups is 1. The zero-order valence-corrected chi connectivity index (χ0v) is 10.2. The van der Waals surface area contributed by atoms with Crippen molar-refractivity contribution in [3.8, 4) is 11.8 Å². The highest BCUT2D eigenvalue weighted by molar-refractivity contribution is 5.94. The Kier molecular flexibility index (Phi) is 5.53. The summed E-state index contributed by atoms with van der Waals surface area (Å²) in [6, 6.07) is 3.34. The maximum atomic E-state index is 13.5. The molecule has 2 N–H and O–H groups in total. The van der Waals surface area contributed by atoms with Crippen molar-refractivity contribution in [3.63, 3.8) is 0 Å². The van der Waals surface area contributed by atoms with Crippen molar-refractivity contribution in [1.82, 2.24) is 5.32 Å². The normalized spacial score (nSPS) is 10.7. The Hall–Kier alpha value is -2.07. The van der Waals surface area contributed by atoms with E-state index >= 15 is 0 Å². The summed E-state index contributed by atoms with van der Waals surface area (Å²) in [7, 11) is 0. The van der Waals surface area contributed by atoms with Crippen LogP contribution in [0.4, 0.5) is 17.6 Å². The summed E-state index contributed by atoms with van der Waals surface area (Å²) in [5, 5.41) is 10.5. The van der Waals surface area contributed by atoms with E-state index in [-0.39, 0.29) is 11.1 Å². The SMILES string of the molecule is O=C(NCCC(F)(F)F)c1ccc(C#CCO)c(F)c1. The Balaban J connectivity index is 2.68. The van der Waals surface area contributed by atoms with Gasteiger partial charge in [0.15, 0.2) is 0 Å².